The smallest absolute Gasteiger partial charge is 0.221 e. The van der Waals surface area contributed by atoms with Crippen molar-refractivity contribution in [2.24, 2.45) is 0 Å². The van der Waals surface area contributed by atoms with Crippen molar-refractivity contribution in [2.45, 2.75) is 26.3 Å². The van der Waals surface area contributed by atoms with Gasteiger partial charge in [0.05, 0.1) is 0 Å². The maximum Gasteiger partial charge on any atom is 0.221 e. The number of hydrogen-bond acceptors (Lipinski definition) is 3. The van der Waals surface area contributed by atoms with E-state index in [1.807, 2.05) is 30.1 Å². The number of carbonyl (C=O) groups excluding carboxylic acids is 1. The van der Waals surface area contributed by atoms with Crippen LogP contribution in [0.2, 0.25) is 5.02 Å². The third-order valence-corrected chi connectivity index (χ3v) is 3.52. The molecule has 0 atom stereocenters. The Bertz CT molecular complexity index is 437. The molecule has 1 aromatic rings. The lowest BCUT2D eigenvalue weighted by Crippen LogP contribution is -2.26. The second-order valence-electron chi connectivity index (χ2n) is 4.80. The molecule has 0 spiro atoms. The topological polar surface area (TPSA) is 44.4 Å². The van der Waals surface area contributed by atoms with Crippen LogP contribution < -0.4 is 15.5 Å². The molecule has 0 aliphatic heterocycles. The fraction of sp³-hybridized carbons (Fsp3) is 0.533. The van der Waals surface area contributed by atoms with E-state index in [-0.39, 0.29) is 5.91 Å². The van der Waals surface area contributed by atoms with Crippen LogP contribution in [0.5, 0.6) is 0 Å². The monoisotopic (exact) mass is 297 g/mol. The number of hydrogen-bond donors (Lipinski definition) is 2. The number of rotatable bonds is 8. The average Bonchev–Trinajstić information content (AvgIpc) is 2.46. The molecule has 4 nitrogen and oxygen atoms in total. The van der Waals surface area contributed by atoms with Gasteiger partial charge in [-0.05, 0) is 30.7 Å². The molecule has 0 aliphatic carbocycles. The minimum atomic E-state index is 0.0448. The molecule has 0 aromatic heterocycles. The average molecular weight is 298 g/mol. The molecule has 2 N–H and O–H groups in total. The van der Waals surface area contributed by atoms with Crippen molar-refractivity contribution < 1.29 is 4.79 Å². The number of nitrogens with zero attached hydrogens (tertiary/aromatic N) is 1. The van der Waals surface area contributed by atoms with Crippen LogP contribution in [0.25, 0.3) is 0 Å². The number of anilines is 1. The van der Waals surface area contributed by atoms with Gasteiger partial charge in [0.2, 0.25) is 5.91 Å². The van der Waals surface area contributed by atoms with Crippen molar-refractivity contribution in [2.75, 3.05) is 32.1 Å². The highest BCUT2D eigenvalue weighted by molar-refractivity contribution is 6.31. The molecule has 0 bridgehead atoms. The third kappa shape index (κ3) is 5.39. The normalized spacial score (nSPS) is 10.4. The van der Waals surface area contributed by atoms with Crippen molar-refractivity contribution in [3.05, 3.63) is 28.8 Å². The van der Waals surface area contributed by atoms with Gasteiger partial charge >= 0.3 is 0 Å². The number of carbonyl (C=O) groups is 1. The lowest BCUT2D eigenvalue weighted by atomic mass is 10.2. The Morgan fingerprint density at radius 3 is 2.75 bits per heavy atom. The van der Waals surface area contributed by atoms with Gasteiger partial charge in [0.15, 0.2) is 0 Å². The highest BCUT2D eigenvalue weighted by atomic mass is 35.5. The molecule has 0 aliphatic rings. The zero-order valence-electron chi connectivity index (χ0n) is 12.5. The first kappa shape index (κ1) is 16.8. The SMILES string of the molecule is CCCNCc1ccc(N(C)CCC(=O)NC)cc1Cl. The largest absolute Gasteiger partial charge is 0.374 e. The van der Waals surface area contributed by atoms with E-state index < -0.39 is 0 Å². The van der Waals surface area contributed by atoms with Crippen molar-refractivity contribution in [1.82, 2.24) is 10.6 Å². The first-order chi connectivity index (χ1) is 9.58. The molecule has 0 saturated heterocycles. The van der Waals surface area contributed by atoms with E-state index in [1.54, 1.807) is 7.05 Å². The zero-order valence-corrected chi connectivity index (χ0v) is 13.3. The Morgan fingerprint density at radius 1 is 1.40 bits per heavy atom. The molecular formula is C15H24ClN3O. The standard InChI is InChI=1S/C15H24ClN3O/c1-4-8-18-11-12-5-6-13(10-14(12)16)19(3)9-7-15(20)17-2/h5-6,10,18H,4,7-9,11H2,1-3H3,(H,17,20). The van der Waals surface area contributed by atoms with Crippen LogP contribution in [-0.2, 0) is 11.3 Å². The third-order valence-electron chi connectivity index (χ3n) is 3.17. The summed E-state index contributed by atoms with van der Waals surface area (Å²) in [6.07, 6.45) is 1.59. The summed E-state index contributed by atoms with van der Waals surface area (Å²) in [6, 6.07) is 6.03. The van der Waals surface area contributed by atoms with Gasteiger partial charge in [-0.3, -0.25) is 4.79 Å². The molecular weight excluding hydrogens is 274 g/mol. The summed E-state index contributed by atoms with van der Waals surface area (Å²) < 4.78 is 0. The van der Waals surface area contributed by atoms with E-state index in [1.165, 1.54) is 0 Å². The molecule has 1 rings (SSSR count). The van der Waals surface area contributed by atoms with Gasteiger partial charge in [0.25, 0.3) is 0 Å². The predicted octanol–water partition coefficient (Wildman–Crippen LogP) is 2.41. The maximum absolute atomic E-state index is 11.2. The van der Waals surface area contributed by atoms with E-state index in [9.17, 15) is 4.79 Å². The quantitative estimate of drug-likeness (QED) is 0.724. The van der Waals surface area contributed by atoms with Gasteiger partial charge < -0.3 is 15.5 Å². The maximum atomic E-state index is 11.2. The second kappa shape index (κ2) is 8.82. The summed E-state index contributed by atoms with van der Waals surface area (Å²) in [4.78, 5) is 13.3. The fourth-order valence-electron chi connectivity index (χ4n) is 1.84. The Balaban J connectivity index is 2.59. The molecule has 1 aromatic carbocycles. The number of amides is 1. The molecule has 0 heterocycles. The van der Waals surface area contributed by atoms with E-state index >= 15 is 0 Å². The fourth-order valence-corrected chi connectivity index (χ4v) is 2.08. The first-order valence-corrected chi connectivity index (χ1v) is 7.37. The van der Waals surface area contributed by atoms with E-state index in [0.29, 0.717) is 13.0 Å². The van der Waals surface area contributed by atoms with E-state index in [4.69, 9.17) is 11.6 Å². The number of benzene rings is 1. The summed E-state index contributed by atoms with van der Waals surface area (Å²) in [5, 5.41) is 6.72. The zero-order chi connectivity index (χ0) is 15.0. The molecule has 112 valence electrons. The van der Waals surface area contributed by atoms with Crippen molar-refractivity contribution in [3.8, 4) is 0 Å². The Kier molecular flexibility index (Phi) is 7.41. The van der Waals surface area contributed by atoms with Crippen molar-refractivity contribution >= 4 is 23.2 Å². The van der Waals surface area contributed by atoms with Crippen LogP contribution in [0.3, 0.4) is 0 Å². The van der Waals surface area contributed by atoms with Gasteiger partial charge in [-0.1, -0.05) is 24.6 Å². The summed E-state index contributed by atoms with van der Waals surface area (Å²) in [5.74, 6) is 0.0448. The van der Waals surface area contributed by atoms with Gasteiger partial charge in [0, 0.05) is 44.3 Å². The number of halogens is 1. The molecule has 0 radical (unpaired) electrons. The van der Waals surface area contributed by atoms with Gasteiger partial charge in [-0.25, -0.2) is 0 Å². The van der Waals surface area contributed by atoms with Gasteiger partial charge in [-0.15, -0.1) is 0 Å². The molecule has 0 saturated carbocycles. The minimum absolute atomic E-state index is 0.0448. The van der Waals surface area contributed by atoms with Crippen LogP contribution in [0.15, 0.2) is 18.2 Å². The van der Waals surface area contributed by atoms with Crippen molar-refractivity contribution in [3.63, 3.8) is 0 Å². The van der Waals surface area contributed by atoms with Crippen molar-refractivity contribution in [1.29, 1.82) is 0 Å². The highest BCUT2D eigenvalue weighted by Gasteiger charge is 2.07. The van der Waals surface area contributed by atoms with Crippen LogP contribution in [-0.4, -0.2) is 33.1 Å². The summed E-state index contributed by atoms with van der Waals surface area (Å²) in [7, 11) is 3.61. The Morgan fingerprint density at radius 2 is 2.15 bits per heavy atom. The van der Waals surface area contributed by atoms with E-state index in [0.717, 1.165) is 35.8 Å². The van der Waals surface area contributed by atoms with Crippen LogP contribution in [0, 0.1) is 0 Å². The van der Waals surface area contributed by atoms with Gasteiger partial charge in [0.1, 0.15) is 0 Å². The summed E-state index contributed by atoms with van der Waals surface area (Å²) in [5.41, 5.74) is 2.13. The van der Waals surface area contributed by atoms with Crippen LogP contribution in [0.1, 0.15) is 25.3 Å². The van der Waals surface area contributed by atoms with Gasteiger partial charge in [-0.2, -0.15) is 0 Å². The second-order valence-corrected chi connectivity index (χ2v) is 5.20. The van der Waals surface area contributed by atoms with Crippen LogP contribution in [0.4, 0.5) is 5.69 Å². The van der Waals surface area contributed by atoms with E-state index in [2.05, 4.69) is 17.6 Å². The molecule has 0 unspecified atom stereocenters. The summed E-state index contributed by atoms with van der Waals surface area (Å²) in [6.45, 7) is 4.58. The summed E-state index contributed by atoms with van der Waals surface area (Å²) >= 11 is 6.30. The lowest BCUT2D eigenvalue weighted by Gasteiger charge is -2.20. The highest BCUT2D eigenvalue weighted by Crippen LogP contribution is 2.23. The Labute approximate surface area is 126 Å². The minimum Gasteiger partial charge on any atom is -0.374 e. The Hall–Kier alpha value is -1.26. The molecule has 5 heteroatoms. The molecule has 20 heavy (non-hydrogen) atoms. The number of nitrogens with one attached hydrogen (secondary N) is 2. The first-order valence-electron chi connectivity index (χ1n) is 6.99. The lowest BCUT2D eigenvalue weighted by molar-refractivity contribution is -0.120. The van der Waals surface area contributed by atoms with Crippen LogP contribution >= 0.6 is 11.6 Å². The predicted molar refractivity (Wildman–Crippen MR) is 85.4 cm³/mol. The molecule has 0 fully saturated rings. The molecule has 1 amide bonds.